The van der Waals surface area contributed by atoms with E-state index in [1.807, 2.05) is 67.7 Å². The second-order valence-corrected chi connectivity index (χ2v) is 12.1. The third-order valence-corrected chi connectivity index (χ3v) is 8.71. The van der Waals surface area contributed by atoms with Crippen molar-refractivity contribution in [3.05, 3.63) is 163 Å². The molecule has 9 rings (SSSR count). The molecule has 239 valence electrons. The first kappa shape index (κ1) is 32.1. The molecule has 49 heavy (non-hydrogen) atoms. The zero-order chi connectivity index (χ0) is 32.6. The minimum absolute atomic E-state index is 0. The van der Waals surface area contributed by atoms with Crippen molar-refractivity contribution in [1.29, 1.82) is 0 Å². The van der Waals surface area contributed by atoms with Gasteiger partial charge in [0, 0.05) is 49.0 Å². The number of furan rings is 1. The van der Waals surface area contributed by atoms with Crippen molar-refractivity contribution in [3.63, 3.8) is 0 Å². The van der Waals surface area contributed by atoms with Crippen LogP contribution in [0, 0.1) is 32.9 Å². The molecule has 0 N–H and O–H groups in total. The third kappa shape index (κ3) is 6.27. The molecule has 5 aromatic carbocycles. The molecule has 1 radical (unpaired) electrons. The van der Waals surface area contributed by atoms with E-state index in [4.69, 9.17) is 14.4 Å². The Morgan fingerprint density at radius 1 is 0.612 bits per heavy atom. The van der Waals surface area contributed by atoms with E-state index in [-0.39, 0.29) is 20.1 Å². The Morgan fingerprint density at radius 3 is 2.27 bits per heavy atom. The fraction of sp³-hybridized carbons (Fsp3) is 0.0682. The van der Waals surface area contributed by atoms with E-state index in [0.717, 1.165) is 72.2 Å². The molecule has 0 amide bonds. The average Bonchev–Trinajstić information content (AvgIpc) is 3.52. The molecule has 0 saturated heterocycles. The minimum atomic E-state index is 0. The molecule has 0 unspecified atom stereocenters. The first-order chi connectivity index (χ1) is 23.5. The molecular formula is C44H31IrN3O-2. The fourth-order valence-electron chi connectivity index (χ4n) is 6.25. The Labute approximate surface area is 298 Å². The van der Waals surface area contributed by atoms with Gasteiger partial charge < -0.3 is 14.4 Å². The Kier molecular flexibility index (Phi) is 8.88. The minimum Gasteiger partial charge on any atom is -0.498 e. The molecule has 0 aliphatic carbocycles. The predicted octanol–water partition coefficient (Wildman–Crippen LogP) is 11.3. The largest absolute Gasteiger partial charge is 0.498 e. The van der Waals surface area contributed by atoms with Crippen LogP contribution in [0.4, 0.5) is 0 Å². The molecule has 0 fully saturated rings. The van der Waals surface area contributed by atoms with Gasteiger partial charge in [-0.3, -0.25) is 0 Å². The van der Waals surface area contributed by atoms with Crippen molar-refractivity contribution >= 4 is 43.6 Å². The summed E-state index contributed by atoms with van der Waals surface area (Å²) in [6.07, 6.45) is 3.73. The maximum absolute atomic E-state index is 6.52. The van der Waals surface area contributed by atoms with Gasteiger partial charge in [0.1, 0.15) is 11.1 Å². The maximum Gasteiger partial charge on any atom is 0.147 e. The average molecular weight is 810 g/mol. The van der Waals surface area contributed by atoms with Gasteiger partial charge in [0.25, 0.3) is 0 Å². The summed E-state index contributed by atoms with van der Waals surface area (Å²) in [7, 11) is 0. The van der Waals surface area contributed by atoms with Gasteiger partial charge in [-0.1, -0.05) is 83.2 Å². The number of aryl methyl sites for hydroxylation is 3. The summed E-state index contributed by atoms with van der Waals surface area (Å²) in [5.74, 6) is 0. The molecule has 0 aliphatic heterocycles. The van der Waals surface area contributed by atoms with Gasteiger partial charge in [0.2, 0.25) is 0 Å². The quantitative estimate of drug-likeness (QED) is 0.167. The second kappa shape index (κ2) is 13.6. The van der Waals surface area contributed by atoms with E-state index in [2.05, 4.69) is 97.7 Å². The Balaban J connectivity index is 0.000000246. The number of hydrogen-bond donors (Lipinski definition) is 0. The SMILES string of the molecule is Cc1ccc2ccc(-c3cc(-c4[c-]ccc5c4oc4c5ccc5ccc(C)nc54)ncc3C)cc2c1.[Ir].[c-]1ccccc1-c1ccccn1. The number of benzene rings is 5. The summed E-state index contributed by atoms with van der Waals surface area (Å²) in [5.41, 5.74) is 11.9. The molecule has 5 heteroatoms. The fourth-order valence-corrected chi connectivity index (χ4v) is 6.25. The number of nitrogens with zero attached hydrogens (tertiary/aromatic N) is 3. The molecule has 4 nitrogen and oxygen atoms in total. The van der Waals surface area contributed by atoms with E-state index in [1.165, 1.54) is 21.9 Å². The van der Waals surface area contributed by atoms with E-state index in [0.29, 0.717) is 0 Å². The summed E-state index contributed by atoms with van der Waals surface area (Å²) in [6, 6.07) is 48.0. The number of rotatable bonds is 3. The van der Waals surface area contributed by atoms with Crippen molar-refractivity contribution in [1.82, 2.24) is 15.0 Å². The van der Waals surface area contributed by atoms with Crippen LogP contribution >= 0.6 is 0 Å². The van der Waals surface area contributed by atoms with Gasteiger partial charge in [0.05, 0.1) is 5.58 Å². The van der Waals surface area contributed by atoms with E-state index in [9.17, 15) is 0 Å². The van der Waals surface area contributed by atoms with Gasteiger partial charge in [-0.15, -0.1) is 54.1 Å². The van der Waals surface area contributed by atoms with Crippen molar-refractivity contribution in [2.24, 2.45) is 0 Å². The molecule has 0 saturated carbocycles. The standard InChI is InChI=1S/C33H23N2O.C11H8N.Ir/c1-19-7-9-22-11-12-24(16-25(22)15-19)29-17-30(34-18-20(29)2)28-6-4-5-26-27-14-13-23-10-8-21(3)35-31(23)33(27)36-32(26)28;1-2-6-10(7-3-1)11-8-4-5-9-12-11;/h4-5,7-18H,1-3H3;1-6,8-9H;/q2*-1;. The van der Waals surface area contributed by atoms with E-state index >= 15 is 0 Å². The molecule has 4 heterocycles. The van der Waals surface area contributed by atoms with Crippen LogP contribution in [-0.2, 0) is 20.1 Å². The van der Waals surface area contributed by atoms with Crippen LogP contribution in [0.3, 0.4) is 0 Å². The van der Waals surface area contributed by atoms with Crippen molar-refractivity contribution < 1.29 is 24.5 Å². The number of hydrogen-bond acceptors (Lipinski definition) is 4. The Hall–Kier alpha value is -5.48. The van der Waals surface area contributed by atoms with Crippen LogP contribution in [0.1, 0.15) is 16.8 Å². The van der Waals surface area contributed by atoms with Crippen LogP contribution in [-0.4, -0.2) is 15.0 Å². The van der Waals surface area contributed by atoms with Gasteiger partial charge >= 0.3 is 0 Å². The molecule has 4 aromatic heterocycles. The maximum atomic E-state index is 6.52. The van der Waals surface area contributed by atoms with Crippen LogP contribution in [0.25, 0.3) is 77.3 Å². The van der Waals surface area contributed by atoms with E-state index < -0.39 is 0 Å². The summed E-state index contributed by atoms with van der Waals surface area (Å²) in [5, 5.41) is 5.66. The summed E-state index contributed by atoms with van der Waals surface area (Å²) in [4.78, 5) is 13.8. The van der Waals surface area contributed by atoms with Crippen molar-refractivity contribution in [2.45, 2.75) is 20.8 Å². The number of pyridine rings is 3. The van der Waals surface area contributed by atoms with Crippen LogP contribution < -0.4 is 0 Å². The van der Waals surface area contributed by atoms with Crippen molar-refractivity contribution in [3.8, 4) is 33.6 Å². The molecule has 0 atom stereocenters. The summed E-state index contributed by atoms with van der Waals surface area (Å²) >= 11 is 0. The molecule has 0 aliphatic rings. The van der Waals surface area contributed by atoms with E-state index in [1.54, 1.807) is 6.20 Å². The van der Waals surface area contributed by atoms with Crippen LogP contribution in [0.2, 0.25) is 0 Å². The Morgan fingerprint density at radius 2 is 1.43 bits per heavy atom. The van der Waals surface area contributed by atoms with Crippen LogP contribution in [0.5, 0.6) is 0 Å². The molecule has 0 bridgehead atoms. The smallest absolute Gasteiger partial charge is 0.147 e. The summed E-state index contributed by atoms with van der Waals surface area (Å²) < 4.78 is 6.52. The number of aromatic nitrogens is 3. The zero-order valence-electron chi connectivity index (χ0n) is 27.3. The van der Waals surface area contributed by atoms with Gasteiger partial charge in [-0.2, -0.15) is 0 Å². The van der Waals surface area contributed by atoms with Gasteiger partial charge in [0.15, 0.2) is 0 Å². The second-order valence-electron chi connectivity index (χ2n) is 12.1. The third-order valence-electron chi connectivity index (χ3n) is 8.71. The van der Waals surface area contributed by atoms with Crippen molar-refractivity contribution in [2.75, 3.05) is 0 Å². The molecule has 9 aromatic rings. The monoisotopic (exact) mass is 810 g/mol. The normalized spacial score (nSPS) is 11.0. The van der Waals surface area contributed by atoms with Gasteiger partial charge in [-0.25, -0.2) is 4.98 Å². The molecular weight excluding hydrogens is 779 g/mol. The predicted molar refractivity (Wildman–Crippen MR) is 197 cm³/mol. The zero-order valence-corrected chi connectivity index (χ0v) is 29.7. The first-order valence-corrected chi connectivity index (χ1v) is 16.0. The summed E-state index contributed by atoms with van der Waals surface area (Å²) in [6.45, 7) is 6.25. The topological polar surface area (TPSA) is 51.8 Å². The van der Waals surface area contributed by atoms with Crippen LogP contribution in [0.15, 0.2) is 138 Å². The number of fused-ring (bicyclic) bond motifs is 6. The Bertz CT molecular complexity index is 2560. The first-order valence-electron chi connectivity index (χ1n) is 16.0. The molecule has 0 spiro atoms. The van der Waals surface area contributed by atoms with Gasteiger partial charge in [-0.05, 0) is 77.8 Å².